The number of nitrogens with one attached hydrogen (secondary N) is 1. The highest BCUT2D eigenvalue weighted by atomic mass is 16.3. The van der Waals surface area contributed by atoms with Gasteiger partial charge in [0.25, 0.3) is 0 Å². The number of carbonyl (C=O) groups is 1. The highest BCUT2D eigenvalue weighted by Crippen LogP contribution is 2.25. The van der Waals surface area contributed by atoms with E-state index in [2.05, 4.69) is 5.32 Å². The molecule has 84 valence electrons. The van der Waals surface area contributed by atoms with Gasteiger partial charge in [-0.25, -0.2) is 0 Å². The summed E-state index contributed by atoms with van der Waals surface area (Å²) in [5, 5.41) is 12.3. The molecule has 0 atom stereocenters. The molecule has 0 fully saturated rings. The Morgan fingerprint density at radius 1 is 1.38 bits per heavy atom. The van der Waals surface area contributed by atoms with E-state index in [4.69, 9.17) is 9.52 Å². The molecule has 1 amide bonds. The second-order valence-corrected chi connectivity index (χ2v) is 3.52. The fourth-order valence-electron chi connectivity index (χ4n) is 1.53. The van der Waals surface area contributed by atoms with Gasteiger partial charge in [-0.1, -0.05) is 12.1 Å². The summed E-state index contributed by atoms with van der Waals surface area (Å²) in [7, 11) is 0. The topological polar surface area (TPSA) is 62.5 Å². The number of fused-ring (bicyclic) bond motifs is 1. The van der Waals surface area contributed by atoms with Crippen molar-refractivity contribution in [1.29, 1.82) is 0 Å². The molecule has 1 aromatic heterocycles. The Kier molecular flexibility index (Phi) is 3.22. The Morgan fingerprint density at radius 3 is 3.00 bits per heavy atom. The van der Waals surface area contributed by atoms with Gasteiger partial charge in [-0.15, -0.1) is 0 Å². The van der Waals surface area contributed by atoms with Crippen LogP contribution in [-0.2, 0) is 4.79 Å². The summed E-state index contributed by atoms with van der Waals surface area (Å²) in [6.07, 6.45) is 2.32. The van der Waals surface area contributed by atoms with E-state index in [-0.39, 0.29) is 12.5 Å². The van der Waals surface area contributed by atoms with Crippen LogP contribution in [0.15, 0.2) is 34.9 Å². The molecule has 2 rings (SSSR count). The molecule has 0 saturated heterocycles. The van der Waals surface area contributed by atoms with Gasteiger partial charge in [0.2, 0.25) is 5.91 Å². The normalized spacial score (nSPS) is 10.6. The van der Waals surface area contributed by atoms with E-state index in [1.54, 1.807) is 0 Å². The van der Waals surface area contributed by atoms with Crippen molar-refractivity contribution < 1.29 is 14.3 Å². The quantitative estimate of drug-likeness (QED) is 0.828. The Bertz CT molecular complexity index is 490. The van der Waals surface area contributed by atoms with Crippen LogP contribution in [0.5, 0.6) is 0 Å². The third-order valence-electron chi connectivity index (χ3n) is 2.32. The van der Waals surface area contributed by atoms with Crippen molar-refractivity contribution >= 4 is 22.6 Å². The van der Waals surface area contributed by atoms with Crippen LogP contribution in [-0.4, -0.2) is 17.6 Å². The van der Waals surface area contributed by atoms with E-state index in [9.17, 15) is 4.79 Å². The second kappa shape index (κ2) is 4.81. The van der Waals surface area contributed by atoms with Crippen LogP contribution in [0.4, 0.5) is 5.69 Å². The van der Waals surface area contributed by atoms with Gasteiger partial charge in [-0.2, -0.15) is 0 Å². The molecule has 1 aromatic carbocycles. The van der Waals surface area contributed by atoms with Crippen LogP contribution >= 0.6 is 0 Å². The van der Waals surface area contributed by atoms with Crippen LogP contribution in [0.3, 0.4) is 0 Å². The molecule has 0 aliphatic rings. The number of para-hydroxylation sites is 1. The Hall–Kier alpha value is -1.81. The predicted octanol–water partition coefficient (Wildman–Crippen LogP) is 2.14. The van der Waals surface area contributed by atoms with Crippen molar-refractivity contribution in [3.8, 4) is 0 Å². The van der Waals surface area contributed by atoms with Crippen LogP contribution in [0.25, 0.3) is 11.0 Å². The van der Waals surface area contributed by atoms with Crippen molar-refractivity contribution in [2.24, 2.45) is 0 Å². The van der Waals surface area contributed by atoms with Crippen LogP contribution in [0, 0.1) is 0 Å². The van der Waals surface area contributed by atoms with Gasteiger partial charge in [0.05, 0.1) is 5.69 Å². The Balaban J connectivity index is 2.12. The summed E-state index contributed by atoms with van der Waals surface area (Å²) >= 11 is 0. The van der Waals surface area contributed by atoms with Crippen molar-refractivity contribution in [1.82, 2.24) is 0 Å². The molecule has 2 N–H and O–H groups in total. The number of furan rings is 1. The van der Waals surface area contributed by atoms with Gasteiger partial charge in [0.15, 0.2) is 0 Å². The van der Waals surface area contributed by atoms with Gasteiger partial charge >= 0.3 is 0 Å². The van der Waals surface area contributed by atoms with E-state index in [0.29, 0.717) is 18.5 Å². The molecule has 4 heteroatoms. The van der Waals surface area contributed by atoms with Crippen LogP contribution in [0.2, 0.25) is 0 Å². The van der Waals surface area contributed by atoms with E-state index < -0.39 is 0 Å². The highest BCUT2D eigenvalue weighted by Gasteiger charge is 2.07. The van der Waals surface area contributed by atoms with Crippen molar-refractivity contribution in [2.45, 2.75) is 12.8 Å². The Labute approximate surface area is 92.9 Å². The lowest BCUT2D eigenvalue weighted by Gasteiger charge is -2.01. The number of aliphatic hydroxyl groups excluding tert-OH is 1. The number of hydrogen-bond acceptors (Lipinski definition) is 3. The molecule has 2 aromatic rings. The van der Waals surface area contributed by atoms with Crippen molar-refractivity contribution in [3.05, 3.63) is 30.5 Å². The first-order valence-electron chi connectivity index (χ1n) is 5.18. The minimum Gasteiger partial charge on any atom is -0.462 e. The van der Waals surface area contributed by atoms with E-state index >= 15 is 0 Å². The number of aliphatic hydroxyl groups is 1. The highest BCUT2D eigenvalue weighted by molar-refractivity contribution is 6.00. The molecule has 0 aliphatic heterocycles. The van der Waals surface area contributed by atoms with Crippen molar-refractivity contribution in [3.63, 3.8) is 0 Å². The number of benzene rings is 1. The van der Waals surface area contributed by atoms with Gasteiger partial charge in [-0.05, 0) is 18.6 Å². The third kappa shape index (κ3) is 2.23. The molecule has 0 radical (unpaired) electrons. The number of rotatable bonds is 4. The van der Waals surface area contributed by atoms with E-state index in [0.717, 1.165) is 11.0 Å². The monoisotopic (exact) mass is 219 g/mol. The zero-order valence-corrected chi connectivity index (χ0v) is 8.77. The number of amides is 1. The zero-order valence-electron chi connectivity index (χ0n) is 8.77. The summed E-state index contributed by atoms with van der Waals surface area (Å²) < 4.78 is 5.29. The molecular weight excluding hydrogens is 206 g/mol. The third-order valence-corrected chi connectivity index (χ3v) is 2.32. The summed E-state index contributed by atoms with van der Waals surface area (Å²) in [5.41, 5.74) is 1.43. The van der Waals surface area contributed by atoms with Crippen molar-refractivity contribution in [2.75, 3.05) is 11.9 Å². The van der Waals surface area contributed by atoms with Gasteiger partial charge in [0.1, 0.15) is 11.8 Å². The first-order valence-corrected chi connectivity index (χ1v) is 5.18. The summed E-state index contributed by atoms with van der Waals surface area (Å²) in [5.74, 6) is -0.111. The first-order chi connectivity index (χ1) is 7.81. The lowest BCUT2D eigenvalue weighted by Crippen LogP contribution is -2.11. The molecule has 0 saturated carbocycles. The summed E-state index contributed by atoms with van der Waals surface area (Å²) in [4.78, 5) is 11.4. The molecular formula is C12H13NO3. The van der Waals surface area contributed by atoms with E-state index in [1.165, 1.54) is 6.26 Å². The number of hydrogen-bond donors (Lipinski definition) is 2. The maximum atomic E-state index is 11.4. The average Bonchev–Trinajstić information content (AvgIpc) is 2.70. The molecule has 0 spiro atoms. The molecule has 1 heterocycles. The number of carbonyl (C=O) groups excluding carboxylic acids is 1. The summed E-state index contributed by atoms with van der Waals surface area (Å²) in [6.45, 7) is 0.0273. The largest absolute Gasteiger partial charge is 0.462 e. The fourth-order valence-corrected chi connectivity index (χ4v) is 1.53. The van der Waals surface area contributed by atoms with Gasteiger partial charge in [-0.3, -0.25) is 4.79 Å². The molecule has 16 heavy (non-hydrogen) atoms. The van der Waals surface area contributed by atoms with Crippen LogP contribution < -0.4 is 5.32 Å². The van der Waals surface area contributed by atoms with Gasteiger partial charge in [0, 0.05) is 18.4 Å². The van der Waals surface area contributed by atoms with E-state index in [1.807, 2.05) is 24.3 Å². The summed E-state index contributed by atoms with van der Waals surface area (Å²) in [6, 6.07) is 7.50. The zero-order chi connectivity index (χ0) is 11.4. The van der Waals surface area contributed by atoms with Gasteiger partial charge < -0.3 is 14.8 Å². The minimum atomic E-state index is -0.111. The molecule has 4 nitrogen and oxygen atoms in total. The lowest BCUT2D eigenvalue weighted by molar-refractivity contribution is -0.116. The minimum absolute atomic E-state index is 0.0273. The lowest BCUT2D eigenvalue weighted by atomic mass is 10.2. The number of anilines is 1. The predicted molar refractivity (Wildman–Crippen MR) is 61.2 cm³/mol. The SMILES string of the molecule is O=C(CCCO)Nc1coc2ccccc12. The molecule has 0 unspecified atom stereocenters. The first kappa shape index (κ1) is 10.7. The second-order valence-electron chi connectivity index (χ2n) is 3.52. The maximum Gasteiger partial charge on any atom is 0.224 e. The average molecular weight is 219 g/mol. The molecule has 0 bridgehead atoms. The smallest absolute Gasteiger partial charge is 0.224 e. The molecule has 0 aliphatic carbocycles. The fraction of sp³-hybridized carbons (Fsp3) is 0.250. The standard InChI is InChI=1S/C12H13NO3/c14-7-3-6-12(15)13-10-8-16-11-5-2-1-4-9(10)11/h1-2,4-5,8,14H,3,6-7H2,(H,13,15). The van der Waals surface area contributed by atoms with Crippen LogP contribution in [0.1, 0.15) is 12.8 Å². The maximum absolute atomic E-state index is 11.4. The Morgan fingerprint density at radius 2 is 2.19 bits per heavy atom.